The van der Waals surface area contributed by atoms with Crippen molar-refractivity contribution >= 4 is 29.3 Å². The molecule has 0 aliphatic carbocycles. The van der Waals surface area contributed by atoms with E-state index in [4.69, 9.17) is 14.4 Å². The van der Waals surface area contributed by atoms with Gasteiger partial charge in [-0.15, -0.1) is 0 Å². The fourth-order valence-electron chi connectivity index (χ4n) is 3.03. The lowest BCUT2D eigenvalue weighted by atomic mass is 10.0. The molecule has 140 valence electrons. The number of H-pyrrole nitrogens is 1. The molecule has 1 aliphatic rings. The standard InChI is InChI=1S/C16H14N4O4.CH2O2/c21-15(6-10-9-3-1-2-4-14(9)24-19-10)20-7-12-11(17-8-18-12)5-13(20)16(22)23;2-1-3/h1-4,8,13H,5-7H2,(H,17,18)(H,22,23);1H,(H,2,3). The first-order chi connectivity index (χ1) is 13.0. The Morgan fingerprint density at radius 2 is 2.11 bits per heavy atom. The van der Waals surface area contributed by atoms with E-state index >= 15 is 0 Å². The van der Waals surface area contributed by atoms with E-state index in [1.807, 2.05) is 18.2 Å². The van der Waals surface area contributed by atoms with Gasteiger partial charge in [0.25, 0.3) is 6.47 Å². The number of aliphatic carboxylic acids is 1. The number of carbonyl (C=O) groups is 3. The first-order valence-electron chi connectivity index (χ1n) is 7.99. The smallest absolute Gasteiger partial charge is 0.326 e. The van der Waals surface area contributed by atoms with Gasteiger partial charge in [0, 0.05) is 11.8 Å². The molecule has 1 amide bonds. The molecule has 1 unspecified atom stereocenters. The van der Waals surface area contributed by atoms with Crippen LogP contribution in [0.3, 0.4) is 0 Å². The molecular formula is C17H16N4O6. The summed E-state index contributed by atoms with van der Waals surface area (Å²) in [6, 6.07) is 6.34. The monoisotopic (exact) mass is 372 g/mol. The molecule has 1 atom stereocenters. The summed E-state index contributed by atoms with van der Waals surface area (Å²) in [5.74, 6) is -1.34. The fraction of sp³-hybridized carbons (Fsp3) is 0.235. The number of carboxylic acids is 1. The zero-order valence-electron chi connectivity index (χ0n) is 14.0. The van der Waals surface area contributed by atoms with Crippen molar-refractivity contribution in [2.24, 2.45) is 0 Å². The molecule has 27 heavy (non-hydrogen) atoms. The van der Waals surface area contributed by atoms with Gasteiger partial charge in [-0.3, -0.25) is 9.59 Å². The quantitative estimate of drug-likeness (QED) is 0.572. The number of aromatic nitrogens is 3. The summed E-state index contributed by atoms with van der Waals surface area (Å²) in [6.45, 7) is -0.0546. The lowest BCUT2D eigenvalue weighted by Crippen LogP contribution is -2.49. The number of nitrogens with one attached hydrogen (secondary N) is 1. The SMILES string of the molecule is O=C(O)C1Cc2nc[nH]c2CN1C(=O)Cc1noc2ccccc12.O=CO. The van der Waals surface area contributed by atoms with Gasteiger partial charge in [0.1, 0.15) is 11.7 Å². The molecule has 0 spiro atoms. The number of imidazole rings is 1. The summed E-state index contributed by atoms with van der Waals surface area (Å²) in [5, 5.41) is 21.0. The number of amides is 1. The van der Waals surface area contributed by atoms with Crippen LogP contribution in [0.4, 0.5) is 0 Å². The van der Waals surface area contributed by atoms with Crippen LogP contribution >= 0.6 is 0 Å². The first kappa shape index (κ1) is 18.1. The fourth-order valence-corrected chi connectivity index (χ4v) is 3.03. The minimum Gasteiger partial charge on any atom is -0.483 e. The molecule has 0 saturated heterocycles. The number of hydrogen-bond donors (Lipinski definition) is 3. The predicted molar refractivity (Wildman–Crippen MR) is 90.7 cm³/mol. The van der Waals surface area contributed by atoms with Gasteiger partial charge in [-0.1, -0.05) is 17.3 Å². The van der Waals surface area contributed by atoms with Gasteiger partial charge < -0.3 is 24.6 Å². The topological polar surface area (TPSA) is 150 Å². The molecule has 0 fully saturated rings. The number of aromatic amines is 1. The second-order valence-electron chi connectivity index (χ2n) is 5.82. The molecule has 4 rings (SSSR count). The predicted octanol–water partition coefficient (Wildman–Crippen LogP) is 0.832. The highest BCUT2D eigenvalue weighted by atomic mass is 16.5. The van der Waals surface area contributed by atoms with Gasteiger partial charge in [-0.2, -0.15) is 0 Å². The summed E-state index contributed by atoms with van der Waals surface area (Å²) >= 11 is 0. The van der Waals surface area contributed by atoms with Crippen LogP contribution in [0.5, 0.6) is 0 Å². The molecule has 0 saturated carbocycles. The third kappa shape index (κ3) is 3.64. The Hall–Kier alpha value is -3.69. The molecule has 1 aliphatic heterocycles. The Morgan fingerprint density at radius 3 is 2.85 bits per heavy atom. The zero-order valence-corrected chi connectivity index (χ0v) is 14.0. The number of benzene rings is 1. The van der Waals surface area contributed by atoms with E-state index in [0.29, 0.717) is 17.0 Å². The van der Waals surface area contributed by atoms with Crippen LogP contribution in [0.2, 0.25) is 0 Å². The Balaban J connectivity index is 0.000000659. The van der Waals surface area contributed by atoms with E-state index in [1.54, 1.807) is 6.07 Å². The Kier molecular flexibility index (Phi) is 5.15. The zero-order chi connectivity index (χ0) is 19.4. The molecule has 3 heterocycles. The van der Waals surface area contributed by atoms with E-state index < -0.39 is 12.0 Å². The van der Waals surface area contributed by atoms with Gasteiger partial charge in [-0.05, 0) is 12.1 Å². The van der Waals surface area contributed by atoms with Crippen molar-refractivity contribution in [2.75, 3.05) is 0 Å². The van der Waals surface area contributed by atoms with Crippen LogP contribution in [0.1, 0.15) is 17.1 Å². The average Bonchev–Trinajstić information content (AvgIpc) is 3.28. The highest BCUT2D eigenvalue weighted by Crippen LogP contribution is 2.23. The number of para-hydroxylation sites is 1. The summed E-state index contributed by atoms with van der Waals surface area (Å²) in [4.78, 5) is 41.0. The molecule has 10 heteroatoms. The second-order valence-corrected chi connectivity index (χ2v) is 5.82. The molecule has 0 radical (unpaired) electrons. The van der Waals surface area contributed by atoms with Crippen molar-refractivity contribution in [3.63, 3.8) is 0 Å². The van der Waals surface area contributed by atoms with Crippen molar-refractivity contribution < 1.29 is 29.1 Å². The minimum atomic E-state index is -1.04. The molecule has 3 N–H and O–H groups in total. The van der Waals surface area contributed by atoms with Crippen molar-refractivity contribution in [1.29, 1.82) is 0 Å². The lowest BCUT2D eigenvalue weighted by Gasteiger charge is -2.32. The lowest BCUT2D eigenvalue weighted by molar-refractivity contribution is -0.151. The Morgan fingerprint density at radius 1 is 1.37 bits per heavy atom. The normalized spacial score (nSPS) is 15.6. The van der Waals surface area contributed by atoms with E-state index in [2.05, 4.69) is 15.1 Å². The summed E-state index contributed by atoms with van der Waals surface area (Å²) in [7, 11) is 0. The van der Waals surface area contributed by atoms with Crippen LogP contribution < -0.4 is 0 Å². The number of carboxylic acid groups (broad SMARTS) is 2. The Labute approximate surface area is 152 Å². The summed E-state index contributed by atoms with van der Waals surface area (Å²) in [6.07, 6.45) is 1.70. The van der Waals surface area contributed by atoms with Crippen LogP contribution in [0.15, 0.2) is 35.1 Å². The maximum atomic E-state index is 12.7. The van der Waals surface area contributed by atoms with Crippen molar-refractivity contribution in [3.05, 3.63) is 47.7 Å². The molecular weight excluding hydrogens is 356 g/mol. The number of carbonyl (C=O) groups excluding carboxylic acids is 1. The van der Waals surface area contributed by atoms with Crippen LogP contribution in [0, 0.1) is 0 Å². The third-order valence-corrected chi connectivity index (χ3v) is 4.28. The van der Waals surface area contributed by atoms with Crippen molar-refractivity contribution in [2.45, 2.75) is 25.4 Å². The van der Waals surface area contributed by atoms with Crippen LogP contribution in [0.25, 0.3) is 11.0 Å². The van der Waals surface area contributed by atoms with E-state index in [9.17, 15) is 14.7 Å². The van der Waals surface area contributed by atoms with E-state index in [0.717, 1.165) is 11.1 Å². The van der Waals surface area contributed by atoms with E-state index in [-0.39, 0.29) is 31.8 Å². The highest BCUT2D eigenvalue weighted by molar-refractivity contribution is 5.89. The number of hydrogen-bond acceptors (Lipinski definition) is 6. The molecule has 2 aromatic heterocycles. The number of fused-ring (bicyclic) bond motifs is 2. The third-order valence-electron chi connectivity index (χ3n) is 4.28. The van der Waals surface area contributed by atoms with Gasteiger partial charge in [-0.25, -0.2) is 9.78 Å². The van der Waals surface area contributed by atoms with Crippen LogP contribution in [-0.2, 0) is 33.8 Å². The molecule has 10 nitrogen and oxygen atoms in total. The molecule has 0 bridgehead atoms. The van der Waals surface area contributed by atoms with Gasteiger partial charge in [0.05, 0.1) is 30.7 Å². The maximum absolute atomic E-state index is 12.7. The Bertz CT molecular complexity index is 979. The largest absolute Gasteiger partial charge is 0.483 e. The first-order valence-corrected chi connectivity index (χ1v) is 7.99. The van der Waals surface area contributed by atoms with Crippen molar-refractivity contribution in [1.82, 2.24) is 20.0 Å². The van der Waals surface area contributed by atoms with E-state index in [1.165, 1.54) is 11.2 Å². The molecule has 3 aromatic rings. The van der Waals surface area contributed by atoms with Gasteiger partial charge in [0.2, 0.25) is 5.91 Å². The van der Waals surface area contributed by atoms with Gasteiger partial charge in [0.15, 0.2) is 5.58 Å². The average molecular weight is 372 g/mol. The van der Waals surface area contributed by atoms with Gasteiger partial charge >= 0.3 is 5.97 Å². The van der Waals surface area contributed by atoms with Crippen LogP contribution in [-0.4, -0.2) is 54.6 Å². The minimum absolute atomic E-state index is 0.00966. The second kappa shape index (κ2) is 7.68. The highest BCUT2D eigenvalue weighted by Gasteiger charge is 2.36. The number of rotatable bonds is 3. The molecule has 1 aromatic carbocycles. The summed E-state index contributed by atoms with van der Waals surface area (Å²) in [5.41, 5.74) is 2.57. The van der Waals surface area contributed by atoms with Crippen molar-refractivity contribution in [3.8, 4) is 0 Å². The number of nitrogens with zero attached hydrogens (tertiary/aromatic N) is 3. The summed E-state index contributed by atoms with van der Waals surface area (Å²) < 4.78 is 5.20. The maximum Gasteiger partial charge on any atom is 0.326 e.